The number of carbonyl (C=O) groups is 2. The van der Waals surface area contributed by atoms with Crippen LogP contribution in [0.2, 0.25) is 0 Å². The topological polar surface area (TPSA) is 76.1 Å². The van der Waals surface area contributed by atoms with Crippen LogP contribution < -0.4 is 9.47 Å². The minimum absolute atomic E-state index is 0.0151. The van der Waals surface area contributed by atoms with Gasteiger partial charge < -0.3 is 19.5 Å². The van der Waals surface area contributed by atoms with Crippen LogP contribution in [0.25, 0.3) is 5.76 Å². The van der Waals surface area contributed by atoms with Crippen LogP contribution in [0.1, 0.15) is 56.7 Å². The van der Waals surface area contributed by atoms with Gasteiger partial charge in [-0.3, -0.25) is 9.59 Å². The lowest BCUT2D eigenvalue weighted by Gasteiger charge is -2.31. The molecule has 1 aliphatic heterocycles. The van der Waals surface area contributed by atoms with Gasteiger partial charge >= 0.3 is 0 Å². The summed E-state index contributed by atoms with van der Waals surface area (Å²) in [6.45, 7) is 3.91. The molecule has 1 aliphatic carbocycles. The lowest BCUT2D eigenvalue weighted by molar-refractivity contribution is -0.141. The van der Waals surface area contributed by atoms with Crippen LogP contribution in [0.5, 0.6) is 11.5 Å². The molecular weight excluding hydrogens is 406 g/mol. The number of methoxy groups -OCH3 is 1. The predicted molar refractivity (Wildman–Crippen MR) is 122 cm³/mol. The van der Waals surface area contributed by atoms with Gasteiger partial charge in [-0.1, -0.05) is 37.1 Å². The molecule has 2 aromatic carbocycles. The number of Topliss-reactive ketones (excluding diaryl/α,β-unsaturated/α-hetero) is 1. The van der Waals surface area contributed by atoms with Gasteiger partial charge in [-0.15, -0.1) is 0 Å². The molecule has 4 rings (SSSR count). The molecule has 0 spiro atoms. The second-order valence-electron chi connectivity index (χ2n) is 8.61. The molecule has 1 unspecified atom stereocenters. The number of benzene rings is 2. The minimum atomic E-state index is -0.648. The van der Waals surface area contributed by atoms with Crippen molar-refractivity contribution in [1.29, 1.82) is 0 Å². The van der Waals surface area contributed by atoms with Crippen LogP contribution in [0.3, 0.4) is 0 Å². The van der Waals surface area contributed by atoms with E-state index >= 15 is 0 Å². The van der Waals surface area contributed by atoms with Gasteiger partial charge in [0.05, 0.1) is 24.8 Å². The second kappa shape index (κ2) is 9.07. The summed E-state index contributed by atoms with van der Waals surface area (Å²) in [4.78, 5) is 28.0. The van der Waals surface area contributed by atoms with Crippen LogP contribution in [-0.2, 0) is 9.59 Å². The number of carbonyl (C=O) groups excluding carboxylic acids is 2. The summed E-state index contributed by atoms with van der Waals surface area (Å²) in [6, 6.07) is 13.6. The Hall–Kier alpha value is -3.28. The van der Waals surface area contributed by atoms with E-state index in [1.54, 1.807) is 36.3 Å². The number of likely N-dealkylation sites (tertiary alicyclic amines) is 1. The number of hydrogen-bond donors (Lipinski definition) is 1. The van der Waals surface area contributed by atoms with Gasteiger partial charge in [0.25, 0.3) is 11.7 Å². The minimum Gasteiger partial charge on any atom is -0.507 e. The SMILES string of the molecule is COc1cccc(/C(O)=C2/C(=O)C(=O)N(C3CCCC3)C2c2ccc(OC(C)C)cc2)c1. The molecule has 1 saturated heterocycles. The Labute approximate surface area is 188 Å². The molecule has 168 valence electrons. The average Bonchev–Trinajstić information content (AvgIpc) is 3.40. The Morgan fingerprint density at radius 1 is 1.03 bits per heavy atom. The summed E-state index contributed by atoms with van der Waals surface area (Å²) in [5.74, 6) is -0.103. The third-order valence-electron chi connectivity index (χ3n) is 6.11. The number of amides is 1. The first kappa shape index (κ1) is 21.9. The number of aliphatic hydroxyl groups is 1. The fraction of sp³-hybridized carbons (Fsp3) is 0.385. The first-order chi connectivity index (χ1) is 15.4. The summed E-state index contributed by atoms with van der Waals surface area (Å²) in [6.07, 6.45) is 3.81. The molecule has 2 aliphatic rings. The number of ether oxygens (including phenoxy) is 2. The normalized spacial score (nSPS) is 20.9. The Morgan fingerprint density at radius 3 is 2.34 bits per heavy atom. The van der Waals surface area contributed by atoms with Crippen molar-refractivity contribution in [2.24, 2.45) is 0 Å². The number of ketones is 1. The Bertz CT molecular complexity index is 1030. The van der Waals surface area contributed by atoms with Crippen molar-refractivity contribution in [1.82, 2.24) is 4.90 Å². The summed E-state index contributed by atoms with van der Waals surface area (Å²) < 4.78 is 11.0. The van der Waals surface area contributed by atoms with Gasteiger partial charge in [0, 0.05) is 11.6 Å². The Morgan fingerprint density at radius 2 is 1.72 bits per heavy atom. The first-order valence-corrected chi connectivity index (χ1v) is 11.1. The van der Waals surface area contributed by atoms with Crippen molar-refractivity contribution in [2.45, 2.75) is 57.7 Å². The van der Waals surface area contributed by atoms with E-state index in [0.29, 0.717) is 11.3 Å². The van der Waals surface area contributed by atoms with Crippen molar-refractivity contribution >= 4 is 17.4 Å². The maximum atomic E-state index is 13.2. The fourth-order valence-corrected chi connectivity index (χ4v) is 4.66. The van der Waals surface area contributed by atoms with Crippen LogP contribution in [-0.4, -0.2) is 41.0 Å². The van der Waals surface area contributed by atoms with Crippen molar-refractivity contribution in [3.05, 3.63) is 65.2 Å². The quantitative estimate of drug-likeness (QED) is 0.399. The average molecular weight is 436 g/mol. The van der Waals surface area contributed by atoms with Crippen molar-refractivity contribution in [3.63, 3.8) is 0 Å². The van der Waals surface area contributed by atoms with Crippen LogP contribution >= 0.6 is 0 Å². The largest absolute Gasteiger partial charge is 0.507 e. The number of aliphatic hydroxyl groups excluding tert-OH is 1. The maximum absolute atomic E-state index is 13.2. The smallest absolute Gasteiger partial charge is 0.295 e. The molecule has 1 atom stereocenters. The van der Waals surface area contributed by atoms with Gasteiger partial charge in [-0.2, -0.15) is 0 Å². The monoisotopic (exact) mass is 435 g/mol. The zero-order valence-electron chi connectivity index (χ0n) is 18.7. The molecule has 2 aromatic rings. The summed E-state index contributed by atoms with van der Waals surface area (Å²) in [7, 11) is 1.54. The molecule has 1 saturated carbocycles. The fourth-order valence-electron chi connectivity index (χ4n) is 4.66. The lowest BCUT2D eigenvalue weighted by Crippen LogP contribution is -2.37. The van der Waals surface area contributed by atoms with Crippen molar-refractivity contribution in [3.8, 4) is 11.5 Å². The molecule has 2 fully saturated rings. The highest BCUT2D eigenvalue weighted by Crippen LogP contribution is 2.43. The first-order valence-electron chi connectivity index (χ1n) is 11.1. The van der Waals surface area contributed by atoms with Gasteiger partial charge in [0.15, 0.2) is 0 Å². The Kier molecular flexibility index (Phi) is 6.21. The predicted octanol–water partition coefficient (Wildman–Crippen LogP) is 4.85. The standard InChI is InChI=1S/C26H29NO5/c1-16(2)32-20-13-11-17(12-14-20)23-22(24(28)18-7-6-10-21(15-18)31-3)25(29)26(30)27(23)19-8-4-5-9-19/h6-7,10-16,19,23,28H,4-5,8-9H2,1-3H3/b24-22-. The lowest BCUT2D eigenvalue weighted by atomic mass is 9.94. The van der Waals surface area contributed by atoms with Gasteiger partial charge in [0.2, 0.25) is 0 Å². The van der Waals surface area contributed by atoms with Crippen molar-refractivity contribution in [2.75, 3.05) is 7.11 Å². The van der Waals surface area contributed by atoms with E-state index in [9.17, 15) is 14.7 Å². The van der Waals surface area contributed by atoms with Crippen LogP contribution in [0.15, 0.2) is 54.1 Å². The number of hydrogen-bond acceptors (Lipinski definition) is 5. The van der Waals surface area contributed by atoms with Crippen molar-refractivity contribution < 1.29 is 24.2 Å². The molecule has 6 nitrogen and oxygen atoms in total. The number of nitrogens with zero attached hydrogens (tertiary/aromatic N) is 1. The van der Waals surface area contributed by atoms with Gasteiger partial charge in [0.1, 0.15) is 17.3 Å². The molecule has 0 aromatic heterocycles. The van der Waals surface area contributed by atoms with E-state index in [-0.39, 0.29) is 23.5 Å². The molecule has 1 amide bonds. The van der Waals surface area contributed by atoms with E-state index in [0.717, 1.165) is 37.0 Å². The highest BCUT2D eigenvalue weighted by atomic mass is 16.5. The highest BCUT2D eigenvalue weighted by Gasteiger charge is 2.49. The Balaban J connectivity index is 1.82. The third-order valence-corrected chi connectivity index (χ3v) is 6.11. The van der Waals surface area contributed by atoms with Crippen LogP contribution in [0, 0.1) is 0 Å². The molecule has 0 bridgehead atoms. The summed E-state index contributed by atoms with van der Waals surface area (Å²) in [5, 5.41) is 11.2. The van der Waals surface area contributed by atoms with E-state index in [2.05, 4.69) is 0 Å². The zero-order valence-corrected chi connectivity index (χ0v) is 18.7. The van der Waals surface area contributed by atoms with E-state index in [4.69, 9.17) is 9.47 Å². The number of rotatable bonds is 6. The zero-order chi connectivity index (χ0) is 22.8. The molecule has 0 radical (unpaired) electrons. The van der Waals surface area contributed by atoms with Gasteiger partial charge in [-0.25, -0.2) is 0 Å². The summed E-state index contributed by atoms with van der Waals surface area (Å²) in [5.41, 5.74) is 1.34. The molecule has 6 heteroatoms. The molecular formula is C26H29NO5. The van der Waals surface area contributed by atoms with Crippen LogP contribution in [0.4, 0.5) is 0 Å². The van der Waals surface area contributed by atoms with E-state index in [1.807, 2.05) is 38.1 Å². The molecule has 1 heterocycles. The summed E-state index contributed by atoms with van der Waals surface area (Å²) >= 11 is 0. The second-order valence-corrected chi connectivity index (χ2v) is 8.61. The third kappa shape index (κ3) is 4.09. The molecule has 1 N–H and O–H groups in total. The highest BCUT2D eigenvalue weighted by molar-refractivity contribution is 6.46. The van der Waals surface area contributed by atoms with E-state index in [1.165, 1.54) is 0 Å². The maximum Gasteiger partial charge on any atom is 0.295 e. The molecule has 32 heavy (non-hydrogen) atoms. The van der Waals surface area contributed by atoms with Gasteiger partial charge in [-0.05, 0) is 56.5 Å². The van der Waals surface area contributed by atoms with E-state index < -0.39 is 17.7 Å².